The van der Waals surface area contributed by atoms with E-state index in [-0.39, 0.29) is 0 Å². The minimum atomic E-state index is -0.460. The van der Waals surface area contributed by atoms with Crippen LogP contribution in [0.3, 0.4) is 0 Å². The van der Waals surface area contributed by atoms with Gasteiger partial charge in [0.15, 0.2) is 5.82 Å². The average molecular weight is 399 g/mol. The van der Waals surface area contributed by atoms with Crippen molar-refractivity contribution in [1.29, 1.82) is 0 Å². The first-order chi connectivity index (χ1) is 13.6. The van der Waals surface area contributed by atoms with E-state index >= 15 is 0 Å². The number of halogens is 2. The number of benzene rings is 2. The molecule has 144 valence electrons. The topological polar surface area (TPSA) is 57.3 Å². The number of carbonyl (C=O) groups is 1. The van der Waals surface area contributed by atoms with Crippen LogP contribution in [0.25, 0.3) is 10.9 Å². The van der Waals surface area contributed by atoms with Crippen LogP contribution < -0.4 is 15.5 Å². The zero-order chi connectivity index (χ0) is 19.5. The summed E-state index contributed by atoms with van der Waals surface area (Å²) in [6, 6.07) is 13.0. The van der Waals surface area contributed by atoms with Gasteiger partial charge in [-0.3, -0.25) is 0 Å². The largest absolute Gasteiger partial charge is 0.357 e. The molecule has 28 heavy (non-hydrogen) atoms. The number of anilines is 3. The summed E-state index contributed by atoms with van der Waals surface area (Å²) in [5, 5.41) is 6.56. The third-order valence-corrected chi connectivity index (χ3v) is 5.02. The third kappa shape index (κ3) is 4.17. The zero-order valence-corrected chi connectivity index (χ0v) is 16.0. The number of aromatic nitrogens is 1. The highest BCUT2D eigenvalue weighted by atomic mass is 35.5. The maximum atomic E-state index is 14.6. The molecule has 7 heteroatoms. The second kappa shape index (κ2) is 8.02. The van der Waals surface area contributed by atoms with Crippen molar-refractivity contribution >= 4 is 45.7 Å². The van der Waals surface area contributed by atoms with Crippen LogP contribution >= 0.6 is 11.6 Å². The van der Waals surface area contributed by atoms with Crippen LogP contribution in [0.5, 0.6) is 0 Å². The number of fused-ring (bicyclic) bond motifs is 1. The van der Waals surface area contributed by atoms with Crippen molar-refractivity contribution < 1.29 is 9.18 Å². The van der Waals surface area contributed by atoms with Gasteiger partial charge in [0.2, 0.25) is 0 Å². The molecule has 1 fully saturated rings. The van der Waals surface area contributed by atoms with Crippen molar-refractivity contribution in [2.45, 2.75) is 19.3 Å². The summed E-state index contributed by atoms with van der Waals surface area (Å²) >= 11 is 5.83. The molecule has 3 aromatic rings. The first-order valence-electron chi connectivity index (χ1n) is 9.27. The van der Waals surface area contributed by atoms with Crippen molar-refractivity contribution in [3.63, 3.8) is 0 Å². The predicted octanol–water partition coefficient (Wildman–Crippen LogP) is 5.66. The van der Waals surface area contributed by atoms with Crippen LogP contribution in [0, 0.1) is 5.82 Å². The first-order valence-corrected chi connectivity index (χ1v) is 9.65. The van der Waals surface area contributed by atoms with Crippen molar-refractivity contribution in [3.05, 3.63) is 59.4 Å². The van der Waals surface area contributed by atoms with Gasteiger partial charge in [0.1, 0.15) is 11.3 Å². The lowest BCUT2D eigenvalue weighted by Crippen LogP contribution is -2.30. The van der Waals surface area contributed by atoms with Crippen LogP contribution in [0.2, 0.25) is 5.02 Å². The Balaban J connectivity index is 1.51. The Morgan fingerprint density at radius 1 is 0.964 bits per heavy atom. The van der Waals surface area contributed by atoms with Gasteiger partial charge in [-0.2, -0.15) is 0 Å². The van der Waals surface area contributed by atoms with E-state index < -0.39 is 11.8 Å². The molecule has 1 aliphatic heterocycles. The van der Waals surface area contributed by atoms with E-state index in [2.05, 4.69) is 20.5 Å². The second-order valence-corrected chi connectivity index (χ2v) is 7.27. The molecule has 0 radical (unpaired) electrons. The number of pyridine rings is 1. The average Bonchev–Trinajstić information content (AvgIpc) is 2.70. The molecule has 2 N–H and O–H groups in total. The molecule has 0 aliphatic carbocycles. The Labute approximate surface area is 167 Å². The molecule has 2 amide bonds. The fourth-order valence-corrected chi connectivity index (χ4v) is 3.51. The van der Waals surface area contributed by atoms with E-state index in [0.29, 0.717) is 27.3 Å². The maximum absolute atomic E-state index is 14.6. The smallest absolute Gasteiger partial charge is 0.323 e. The number of rotatable bonds is 3. The molecule has 0 bridgehead atoms. The molecule has 1 aromatic heterocycles. The Bertz CT molecular complexity index is 1000. The molecule has 4 rings (SSSR count). The van der Waals surface area contributed by atoms with Crippen LogP contribution in [-0.4, -0.2) is 24.1 Å². The monoisotopic (exact) mass is 398 g/mol. The van der Waals surface area contributed by atoms with Gasteiger partial charge < -0.3 is 15.5 Å². The fourth-order valence-electron chi connectivity index (χ4n) is 3.38. The lowest BCUT2D eigenvalue weighted by Gasteiger charge is -2.27. The number of hydrogen-bond donors (Lipinski definition) is 2. The predicted molar refractivity (Wildman–Crippen MR) is 112 cm³/mol. The summed E-state index contributed by atoms with van der Waals surface area (Å²) < 4.78 is 14.6. The van der Waals surface area contributed by atoms with Crippen molar-refractivity contribution in [2.75, 3.05) is 28.6 Å². The van der Waals surface area contributed by atoms with Crippen molar-refractivity contribution in [2.24, 2.45) is 0 Å². The third-order valence-electron chi connectivity index (χ3n) is 4.77. The molecule has 0 spiro atoms. The summed E-state index contributed by atoms with van der Waals surface area (Å²) in [5.41, 5.74) is 1.27. The fraction of sp³-hybridized carbons (Fsp3) is 0.238. The number of hydrogen-bond acceptors (Lipinski definition) is 3. The van der Waals surface area contributed by atoms with Crippen LogP contribution in [-0.2, 0) is 0 Å². The Hall–Kier alpha value is -2.86. The van der Waals surface area contributed by atoms with Gasteiger partial charge in [0.25, 0.3) is 0 Å². The van der Waals surface area contributed by atoms with E-state index in [4.69, 9.17) is 11.6 Å². The van der Waals surface area contributed by atoms with Crippen molar-refractivity contribution in [1.82, 2.24) is 4.98 Å². The van der Waals surface area contributed by atoms with E-state index in [1.807, 2.05) is 12.1 Å². The number of urea groups is 1. The lowest BCUT2D eigenvalue weighted by molar-refractivity contribution is 0.262. The van der Waals surface area contributed by atoms with E-state index in [1.54, 1.807) is 30.3 Å². The number of nitrogens with one attached hydrogen (secondary N) is 2. The molecule has 2 aromatic carbocycles. The molecule has 0 atom stereocenters. The lowest BCUT2D eigenvalue weighted by atomic mass is 10.1. The summed E-state index contributed by atoms with van der Waals surface area (Å²) in [7, 11) is 0. The Morgan fingerprint density at radius 3 is 2.43 bits per heavy atom. The van der Waals surface area contributed by atoms with Gasteiger partial charge in [-0.05, 0) is 67.8 Å². The minimum absolute atomic E-state index is 0.312. The van der Waals surface area contributed by atoms with Crippen LogP contribution in [0.1, 0.15) is 19.3 Å². The Kier molecular flexibility index (Phi) is 5.30. The second-order valence-electron chi connectivity index (χ2n) is 6.83. The number of piperidine rings is 1. The summed E-state index contributed by atoms with van der Waals surface area (Å²) in [5.74, 6) is 0.338. The highest BCUT2D eigenvalue weighted by Crippen LogP contribution is 2.26. The standard InChI is InChI=1S/C21H20ClFN4O/c22-15-5-7-16(8-6-15)24-21(28)25-17-12-14-4-9-19(26-20(14)18(23)13-17)27-10-2-1-3-11-27/h4-9,12-13H,1-3,10-11H2,(H2,24,25,28). The van der Waals surface area contributed by atoms with Gasteiger partial charge in [-0.25, -0.2) is 14.2 Å². The highest BCUT2D eigenvalue weighted by Gasteiger charge is 2.14. The number of amides is 2. The molecule has 1 aliphatic rings. The molecule has 0 unspecified atom stereocenters. The number of nitrogens with zero attached hydrogens (tertiary/aromatic N) is 2. The van der Waals surface area contributed by atoms with E-state index in [0.717, 1.165) is 31.7 Å². The van der Waals surface area contributed by atoms with Crippen molar-refractivity contribution in [3.8, 4) is 0 Å². The molecule has 2 heterocycles. The van der Waals surface area contributed by atoms with Gasteiger partial charge in [-0.15, -0.1) is 0 Å². The molecule has 0 saturated carbocycles. The molecule has 5 nitrogen and oxygen atoms in total. The minimum Gasteiger partial charge on any atom is -0.357 e. The van der Waals surface area contributed by atoms with Crippen LogP contribution in [0.15, 0.2) is 48.5 Å². The first kappa shape index (κ1) is 18.5. The molecular weight excluding hydrogens is 379 g/mol. The summed E-state index contributed by atoms with van der Waals surface area (Å²) in [4.78, 5) is 18.9. The van der Waals surface area contributed by atoms with Gasteiger partial charge in [0, 0.05) is 34.9 Å². The zero-order valence-electron chi connectivity index (χ0n) is 15.2. The Morgan fingerprint density at radius 2 is 1.68 bits per heavy atom. The van der Waals surface area contributed by atoms with Gasteiger partial charge in [-0.1, -0.05) is 11.6 Å². The maximum Gasteiger partial charge on any atom is 0.323 e. The SMILES string of the molecule is O=C(Nc1ccc(Cl)cc1)Nc1cc(F)c2nc(N3CCCCC3)ccc2c1. The number of carbonyl (C=O) groups excluding carboxylic acids is 1. The van der Waals surface area contributed by atoms with Gasteiger partial charge >= 0.3 is 6.03 Å². The molecule has 1 saturated heterocycles. The van der Waals surface area contributed by atoms with Crippen LogP contribution in [0.4, 0.5) is 26.4 Å². The quantitative estimate of drug-likeness (QED) is 0.598. The highest BCUT2D eigenvalue weighted by molar-refractivity contribution is 6.30. The van der Waals surface area contributed by atoms with E-state index in [9.17, 15) is 9.18 Å². The van der Waals surface area contributed by atoms with Gasteiger partial charge in [0.05, 0.1) is 0 Å². The molecular formula is C21H20ClFN4O. The summed E-state index contributed by atoms with van der Waals surface area (Å²) in [6.07, 6.45) is 3.49. The summed E-state index contributed by atoms with van der Waals surface area (Å²) in [6.45, 7) is 1.90. The normalized spacial score (nSPS) is 14.1. The van der Waals surface area contributed by atoms with E-state index in [1.165, 1.54) is 12.5 Å².